The molecule has 0 bridgehead atoms. The molecule has 2 aliphatic heterocycles. The van der Waals surface area contributed by atoms with E-state index in [1.807, 2.05) is 0 Å². The summed E-state index contributed by atoms with van der Waals surface area (Å²) in [5, 5.41) is 0. The van der Waals surface area contributed by atoms with Crippen LogP contribution in [0.5, 0.6) is 0 Å². The van der Waals surface area contributed by atoms with Crippen molar-refractivity contribution in [2.24, 2.45) is 0 Å². The Morgan fingerprint density at radius 3 is 2.72 bits per heavy atom. The average molecular weight is 270 g/mol. The van der Waals surface area contributed by atoms with Gasteiger partial charge in [0.1, 0.15) is 0 Å². The van der Waals surface area contributed by atoms with Gasteiger partial charge in [-0.15, -0.1) is 0 Å². The summed E-state index contributed by atoms with van der Waals surface area (Å²) in [6.45, 7) is 2.40. The zero-order chi connectivity index (χ0) is 13.2. The number of amides is 1. The van der Waals surface area contributed by atoms with Crippen LogP contribution < -0.4 is 0 Å². The fourth-order valence-electron chi connectivity index (χ4n) is 2.60. The summed E-state index contributed by atoms with van der Waals surface area (Å²) in [5.41, 5.74) is 0. The number of nitrogens with zero attached hydrogens (tertiary/aromatic N) is 2. The Balaban J connectivity index is 2.28. The van der Waals surface area contributed by atoms with E-state index in [9.17, 15) is 13.2 Å². The van der Waals surface area contributed by atoms with Crippen molar-refractivity contribution >= 4 is 15.9 Å². The molecule has 5 nitrogen and oxygen atoms in total. The zero-order valence-corrected chi connectivity index (χ0v) is 11.4. The van der Waals surface area contributed by atoms with Gasteiger partial charge in [0, 0.05) is 13.1 Å². The van der Waals surface area contributed by atoms with E-state index < -0.39 is 10.0 Å². The maximum Gasteiger partial charge on any atom is 0.299 e. The number of carbonyl (C=O) groups is 1. The monoisotopic (exact) mass is 270 g/mol. The molecule has 0 aromatic heterocycles. The molecule has 0 aromatic carbocycles. The van der Waals surface area contributed by atoms with Gasteiger partial charge < -0.3 is 4.90 Å². The van der Waals surface area contributed by atoms with Crippen LogP contribution in [0.2, 0.25) is 0 Å². The molecule has 1 amide bonds. The van der Waals surface area contributed by atoms with Crippen molar-refractivity contribution in [3.05, 3.63) is 0 Å². The van der Waals surface area contributed by atoms with Gasteiger partial charge >= 0.3 is 0 Å². The van der Waals surface area contributed by atoms with E-state index in [2.05, 4.69) is 11.8 Å². The summed E-state index contributed by atoms with van der Waals surface area (Å²) >= 11 is 0. The van der Waals surface area contributed by atoms with Crippen molar-refractivity contribution in [2.75, 3.05) is 18.8 Å². The number of carbonyl (C=O) groups excluding carboxylic acids is 1. The Labute approximate surface area is 108 Å². The van der Waals surface area contributed by atoms with Crippen LogP contribution in [-0.4, -0.2) is 48.5 Å². The Morgan fingerprint density at radius 1 is 1.22 bits per heavy atom. The van der Waals surface area contributed by atoms with E-state index in [0.717, 1.165) is 25.7 Å². The van der Waals surface area contributed by atoms with Crippen molar-refractivity contribution in [1.82, 2.24) is 9.21 Å². The highest BCUT2D eigenvalue weighted by Crippen LogP contribution is 2.26. The lowest BCUT2D eigenvalue weighted by Gasteiger charge is -2.41. The third-order valence-electron chi connectivity index (χ3n) is 3.47. The van der Waals surface area contributed by atoms with Crippen molar-refractivity contribution < 1.29 is 13.2 Å². The first kappa shape index (κ1) is 13.4. The molecule has 2 fully saturated rings. The van der Waals surface area contributed by atoms with Gasteiger partial charge in [-0.05, 0) is 32.1 Å². The number of fused-ring (bicyclic) bond motifs is 1. The van der Waals surface area contributed by atoms with Crippen LogP contribution in [0.15, 0.2) is 0 Å². The van der Waals surface area contributed by atoms with Crippen LogP contribution in [0.3, 0.4) is 0 Å². The molecule has 2 aliphatic rings. The molecule has 6 heteroatoms. The second-order valence-corrected chi connectivity index (χ2v) is 6.67. The standard InChI is InChI=1S/C12H18N2O3S/c1-2-6-12(15)13-9-10-18(16,17)14-8-5-3-4-7-11(13)14/h11H,3-5,7-10H2,1H3. The first-order valence-electron chi connectivity index (χ1n) is 6.29. The van der Waals surface area contributed by atoms with Crippen molar-refractivity contribution in [2.45, 2.75) is 38.8 Å². The van der Waals surface area contributed by atoms with Gasteiger partial charge in [-0.2, -0.15) is 4.31 Å². The minimum atomic E-state index is -3.20. The van der Waals surface area contributed by atoms with Crippen LogP contribution in [0.1, 0.15) is 32.6 Å². The van der Waals surface area contributed by atoms with Gasteiger partial charge in [0.15, 0.2) is 0 Å². The highest BCUT2D eigenvalue weighted by atomic mass is 32.2. The number of rotatable bonds is 0. The van der Waals surface area contributed by atoms with Crippen molar-refractivity contribution in [1.29, 1.82) is 0 Å². The second-order valence-electron chi connectivity index (χ2n) is 4.63. The van der Waals surface area contributed by atoms with E-state index >= 15 is 0 Å². The minimum Gasteiger partial charge on any atom is -0.314 e. The summed E-state index contributed by atoms with van der Waals surface area (Å²) in [6, 6.07) is 0. The molecule has 1 unspecified atom stereocenters. The molecule has 0 spiro atoms. The summed E-state index contributed by atoms with van der Waals surface area (Å²) < 4.78 is 25.6. The van der Waals surface area contributed by atoms with Crippen LogP contribution in [0.25, 0.3) is 0 Å². The summed E-state index contributed by atoms with van der Waals surface area (Å²) in [4.78, 5) is 13.5. The van der Waals surface area contributed by atoms with Gasteiger partial charge in [-0.1, -0.05) is 12.3 Å². The molecule has 0 aromatic rings. The quantitative estimate of drug-likeness (QED) is 0.598. The molecule has 0 saturated carbocycles. The van der Waals surface area contributed by atoms with Gasteiger partial charge in [0.25, 0.3) is 5.91 Å². The van der Waals surface area contributed by atoms with Gasteiger partial charge in [-0.3, -0.25) is 4.79 Å². The first-order chi connectivity index (χ1) is 8.56. The SMILES string of the molecule is CC#CC(=O)N1CCS(=O)(=O)N2CCCCCC12. The molecular weight excluding hydrogens is 252 g/mol. The molecule has 1 atom stereocenters. The smallest absolute Gasteiger partial charge is 0.299 e. The van der Waals surface area contributed by atoms with Crippen LogP contribution >= 0.6 is 0 Å². The predicted molar refractivity (Wildman–Crippen MR) is 67.9 cm³/mol. The Kier molecular flexibility index (Phi) is 3.93. The Morgan fingerprint density at radius 2 is 2.00 bits per heavy atom. The lowest BCUT2D eigenvalue weighted by atomic mass is 10.2. The van der Waals surface area contributed by atoms with E-state index in [0.29, 0.717) is 6.54 Å². The molecule has 18 heavy (non-hydrogen) atoms. The number of sulfonamides is 1. The van der Waals surface area contributed by atoms with Gasteiger partial charge in [0.05, 0.1) is 11.9 Å². The van der Waals surface area contributed by atoms with Gasteiger partial charge in [-0.25, -0.2) is 8.42 Å². The number of hydrogen-bond acceptors (Lipinski definition) is 3. The van der Waals surface area contributed by atoms with Crippen LogP contribution in [0, 0.1) is 11.8 Å². The average Bonchev–Trinajstić information content (AvgIpc) is 2.55. The first-order valence-corrected chi connectivity index (χ1v) is 7.90. The van der Waals surface area contributed by atoms with E-state index in [1.165, 1.54) is 4.31 Å². The van der Waals surface area contributed by atoms with Crippen LogP contribution in [0.4, 0.5) is 0 Å². The molecule has 2 heterocycles. The summed E-state index contributed by atoms with van der Waals surface area (Å²) in [6.07, 6.45) is 3.25. The summed E-state index contributed by atoms with van der Waals surface area (Å²) in [5.74, 6) is 4.85. The molecule has 0 N–H and O–H groups in total. The van der Waals surface area contributed by atoms with Gasteiger partial charge in [0.2, 0.25) is 10.0 Å². The van der Waals surface area contributed by atoms with E-state index in [1.54, 1.807) is 11.8 Å². The fraction of sp³-hybridized carbons (Fsp3) is 0.750. The van der Waals surface area contributed by atoms with E-state index in [4.69, 9.17) is 0 Å². The maximum absolute atomic E-state index is 12.0. The lowest BCUT2D eigenvalue weighted by Crippen LogP contribution is -2.59. The lowest BCUT2D eigenvalue weighted by molar-refractivity contribution is -0.130. The predicted octanol–water partition coefficient (Wildman–Crippen LogP) is 0.384. The molecule has 100 valence electrons. The normalized spacial score (nSPS) is 27.6. The zero-order valence-electron chi connectivity index (χ0n) is 10.6. The largest absolute Gasteiger partial charge is 0.314 e. The highest BCUT2D eigenvalue weighted by molar-refractivity contribution is 7.89. The molecular formula is C12H18N2O3S. The third-order valence-corrected chi connectivity index (χ3v) is 5.31. The maximum atomic E-state index is 12.0. The van der Waals surface area contributed by atoms with E-state index in [-0.39, 0.29) is 24.4 Å². The fourth-order valence-corrected chi connectivity index (χ4v) is 4.25. The third kappa shape index (κ3) is 2.52. The highest BCUT2D eigenvalue weighted by Gasteiger charge is 2.40. The molecule has 2 saturated heterocycles. The van der Waals surface area contributed by atoms with Crippen molar-refractivity contribution in [3.63, 3.8) is 0 Å². The minimum absolute atomic E-state index is 0.0145. The second kappa shape index (κ2) is 5.29. The summed E-state index contributed by atoms with van der Waals surface area (Å²) in [7, 11) is -3.20. The molecule has 0 aliphatic carbocycles. The van der Waals surface area contributed by atoms with Crippen molar-refractivity contribution in [3.8, 4) is 11.8 Å². The van der Waals surface area contributed by atoms with Crippen LogP contribution in [-0.2, 0) is 14.8 Å². The Bertz CT molecular complexity index is 489. The number of hydrogen-bond donors (Lipinski definition) is 0. The topological polar surface area (TPSA) is 57.7 Å². The Hall–Kier alpha value is -1.06. The molecule has 0 radical (unpaired) electrons. The molecule has 2 rings (SSSR count).